The Morgan fingerprint density at radius 2 is 1.69 bits per heavy atom. The lowest BCUT2D eigenvalue weighted by molar-refractivity contribution is -0.0522. The number of hydrogen-bond donors (Lipinski definition) is 0. The molecule has 3 aromatic carbocycles. The van der Waals surface area contributed by atoms with Crippen LogP contribution < -0.4 is 4.74 Å². The van der Waals surface area contributed by atoms with Gasteiger partial charge in [-0.3, -0.25) is 0 Å². The summed E-state index contributed by atoms with van der Waals surface area (Å²) in [4.78, 5) is 0. The van der Waals surface area contributed by atoms with Crippen LogP contribution in [0.3, 0.4) is 0 Å². The van der Waals surface area contributed by atoms with Gasteiger partial charge in [0, 0.05) is 5.39 Å². The molecule has 0 spiro atoms. The van der Waals surface area contributed by atoms with E-state index in [1.165, 1.54) is 49.8 Å². The molecule has 1 aliphatic carbocycles. The van der Waals surface area contributed by atoms with Crippen LogP contribution in [-0.4, -0.2) is 6.61 Å². The van der Waals surface area contributed by atoms with Gasteiger partial charge in [-0.15, -0.1) is 0 Å². The molecular formula is C27H28F4O. The van der Waals surface area contributed by atoms with E-state index >= 15 is 4.39 Å². The molecule has 0 saturated heterocycles. The van der Waals surface area contributed by atoms with Gasteiger partial charge in [0.25, 0.3) is 0 Å². The second-order valence-corrected chi connectivity index (χ2v) is 8.79. The van der Waals surface area contributed by atoms with Crippen LogP contribution in [0.15, 0.2) is 48.5 Å². The first-order valence-corrected chi connectivity index (χ1v) is 11.4. The molecule has 0 N–H and O–H groups in total. The van der Waals surface area contributed by atoms with Crippen LogP contribution >= 0.6 is 0 Å². The topological polar surface area (TPSA) is 9.23 Å². The third-order valence-corrected chi connectivity index (χ3v) is 6.85. The summed E-state index contributed by atoms with van der Waals surface area (Å²) in [6.45, 7) is -0.816. The zero-order valence-electron chi connectivity index (χ0n) is 18.2. The van der Waals surface area contributed by atoms with Gasteiger partial charge in [0.05, 0.1) is 0 Å². The van der Waals surface area contributed by atoms with E-state index in [0.717, 1.165) is 17.4 Å². The van der Waals surface area contributed by atoms with Crippen molar-refractivity contribution in [3.8, 4) is 5.75 Å². The smallest absolute Gasteiger partial charge is 0.387 e. The molecule has 0 bridgehead atoms. The van der Waals surface area contributed by atoms with Crippen LogP contribution in [0.4, 0.5) is 17.6 Å². The second-order valence-electron chi connectivity index (χ2n) is 8.79. The molecule has 0 amide bonds. The summed E-state index contributed by atoms with van der Waals surface area (Å²) in [5, 5.41) is 1.50. The van der Waals surface area contributed by atoms with Gasteiger partial charge >= 0.3 is 6.61 Å². The molecule has 0 atom stereocenters. The zero-order valence-corrected chi connectivity index (χ0v) is 18.2. The van der Waals surface area contributed by atoms with Gasteiger partial charge in [0.1, 0.15) is 5.82 Å². The van der Waals surface area contributed by atoms with E-state index in [4.69, 9.17) is 0 Å². The highest BCUT2D eigenvalue weighted by molar-refractivity contribution is 5.84. The lowest BCUT2D eigenvalue weighted by Gasteiger charge is -2.28. The van der Waals surface area contributed by atoms with Crippen molar-refractivity contribution < 1.29 is 22.3 Å². The summed E-state index contributed by atoms with van der Waals surface area (Å²) in [7, 11) is 0. The van der Waals surface area contributed by atoms with Crippen LogP contribution in [0.2, 0.25) is 0 Å². The number of fused-ring (bicyclic) bond motifs is 1. The minimum Gasteiger partial charge on any atom is -0.432 e. The number of aryl methyl sites for hydroxylation is 2. The number of hydrogen-bond acceptors (Lipinski definition) is 1. The summed E-state index contributed by atoms with van der Waals surface area (Å²) in [5.41, 5.74) is 2.45. The fourth-order valence-electron chi connectivity index (χ4n) is 4.88. The van der Waals surface area contributed by atoms with Gasteiger partial charge in [-0.2, -0.15) is 8.78 Å². The minimum atomic E-state index is -3.08. The van der Waals surface area contributed by atoms with E-state index < -0.39 is 18.2 Å². The molecule has 1 nitrogen and oxygen atoms in total. The monoisotopic (exact) mass is 444 g/mol. The van der Waals surface area contributed by atoms with E-state index in [1.807, 2.05) is 12.1 Å². The summed E-state index contributed by atoms with van der Waals surface area (Å²) in [5.74, 6) is -0.186. The normalized spacial score (nSPS) is 18.9. The van der Waals surface area contributed by atoms with Crippen LogP contribution in [-0.2, 0) is 12.8 Å². The van der Waals surface area contributed by atoms with Crippen molar-refractivity contribution in [2.45, 2.75) is 64.4 Å². The van der Waals surface area contributed by atoms with E-state index in [2.05, 4.69) is 23.8 Å². The van der Waals surface area contributed by atoms with Gasteiger partial charge in [0.2, 0.25) is 0 Å². The third-order valence-electron chi connectivity index (χ3n) is 6.85. The fourth-order valence-corrected chi connectivity index (χ4v) is 4.88. The molecule has 3 aromatic rings. The maximum Gasteiger partial charge on any atom is 0.387 e. The lowest BCUT2D eigenvalue weighted by atomic mass is 9.77. The molecule has 5 heteroatoms. The molecular weight excluding hydrogens is 416 g/mol. The lowest BCUT2D eigenvalue weighted by Crippen LogP contribution is -2.12. The Kier molecular flexibility index (Phi) is 7.02. The molecule has 32 heavy (non-hydrogen) atoms. The highest BCUT2D eigenvalue weighted by Gasteiger charge is 2.21. The third kappa shape index (κ3) is 5.08. The molecule has 0 unspecified atom stereocenters. The Bertz CT molecular complexity index is 1070. The van der Waals surface area contributed by atoms with Crippen molar-refractivity contribution >= 4 is 10.8 Å². The Morgan fingerprint density at radius 1 is 0.906 bits per heavy atom. The standard InChI is InChI=1S/C27H28F4O/c1-2-17-3-7-19(8-4-17)21-12-13-23-22(16-21)11-10-20(26(23)29)9-5-18-6-14-25(24(28)15-18)32-27(30)31/h6,10-17,19,27H,2-5,7-9H2,1H3. The molecule has 0 aromatic heterocycles. The first kappa shape index (κ1) is 22.6. The van der Waals surface area contributed by atoms with Gasteiger partial charge in [-0.25, -0.2) is 8.78 Å². The average Bonchev–Trinajstić information content (AvgIpc) is 2.80. The number of halogens is 4. The molecule has 0 aliphatic heterocycles. The van der Waals surface area contributed by atoms with Gasteiger partial charge < -0.3 is 4.74 Å². The SMILES string of the molecule is CCC1CCC(c2ccc3c(F)c(CCc4ccc(OC(F)F)c(F)c4)ccc3c2)CC1. The molecule has 0 radical (unpaired) electrons. The zero-order chi connectivity index (χ0) is 22.7. The number of ether oxygens (including phenoxy) is 1. The van der Waals surface area contributed by atoms with Crippen LogP contribution in [0.1, 0.15) is 61.6 Å². The van der Waals surface area contributed by atoms with Crippen LogP contribution in [0, 0.1) is 17.6 Å². The Labute approximate surface area is 186 Å². The average molecular weight is 445 g/mol. The highest BCUT2D eigenvalue weighted by atomic mass is 19.3. The first-order chi connectivity index (χ1) is 15.4. The highest BCUT2D eigenvalue weighted by Crippen LogP contribution is 2.38. The van der Waals surface area contributed by atoms with E-state index in [0.29, 0.717) is 35.3 Å². The predicted molar refractivity (Wildman–Crippen MR) is 119 cm³/mol. The predicted octanol–water partition coefficient (Wildman–Crippen LogP) is 8.19. The molecule has 1 fully saturated rings. The van der Waals surface area contributed by atoms with Gasteiger partial charge in [0.15, 0.2) is 11.6 Å². The Hall–Kier alpha value is -2.56. The van der Waals surface area contributed by atoms with E-state index in [-0.39, 0.29) is 5.82 Å². The summed E-state index contributed by atoms with van der Waals surface area (Å²) < 4.78 is 57.7. The first-order valence-electron chi connectivity index (χ1n) is 11.4. The van der Waals surface area contributed by atoms with Crippen molar-refractivity contribution in [1.29, 1.82) is 0 Å². The molecule has 0 heterocycles. The van der Waals surface area contributed by atoms with Crippen molar-refractivity contribution in [2.75, 3.05) is 0 Å². The van der Waals surface area contributed by atoms with Gasteiger partial charge in [-0.1, -0.05) is 49.7 Å². The van der Waals surface area contributed by atoms with Crippen molar-refractivity contribution in [2.24, 2.45) is 5.92 Å². The molecule has 170 valence electrons. The summed E-state index contributed by atoms with van der Waals surface area (Å²) >= 11 is 0. The van der Waals surface area contributed by atoms with E-state index in [1.54, 1.807) is 6.07 Å². The number of alkyl halides is 2. The Balaban J connectivity index is 1.46. The molecule has 4 rings (SSSR count). The Morgan fingerprint density at radius 3 is 2.38 bits per heavy atom. The maximum absolute atomic E-state index is 15.2. The number of benzene rings is 3. The van der Waals surface area contributed by atoms with Crippen LogP contribution in [0.25, 0.3) is 10.8 Å². The van der Waals surface area contributed by atoms with Crippen molar-refractivity contribution in [1.82, 2.24) is 0 Å². The quantitative estimate of drug-likeness (QED) is 0.334. The molecule has 1 aliphatic rings. The molecule has 1 saturated carbocycles. The second kappa shape index (κ2) is 9.93. The van der Waals surface area contributed by atoms with Crippen molar-refractivity contribution in [3.05, 3.63) is 76.9 Å². The summed E-state index contributed by atoms with van der Waals surface area (Å²) in [6, 6.07) is 13.7. The maximum atomic E-state index is 15.2. The summed E-state index contributed by atoms with van der Waals surface area (Å²) in [6.07, 6.45) is 6.96. The van der Waals surface area contributed by atoms with Crippen LogP contribution in [0.5, 0.6) is 5.75 Å². The largest absolute Gasteiger partial charge is 0.432 e. The van der Waals surface area contributed by atoms with Gasteiger partial charge in [-0.05, 0) is 84.6 Å². The van der Waals surface area contributed by atoms with Crippen molar-refractivity contribution in [3.63, 3.8) is 0 Å². The number of rotatable bonds is 7. The minimum absolute atomic E-state index is 0.248. The fraction of sp³-hybridized carbons (Fsp3) is 0.407. The van der Waals surface area contributed by atoms with E-state index in [9.17, 15) is 13.2 Å².